The molecule has 0 bridgehead atoms. The van der Waals surface area contributed by atoms with E-state index in [1.54, 1.807) is 47.4 Å². The largest absolute Gasteiger partial charge is 0.350 e. The number of carbonyl (C=O) groups is 3. The van der Waals surface area contributed by atoms with E-state index in [4.69, 9.17) is 11.6 Å². The lowest BCUT2D eigenvalue weighted by atomic mass is 10.1. The monoisotopic (exact) mass is 399 g/mol. The second kappa shape index (κ2) is 8.44. The zero-order valence-electron chi connectivity index (χ0n) is 15.8. The molecule has 28 heavy (non-hydrogen) atoms. The Morgan fingerprint density at radius 3 is 2.57 bits per heavy atom. The van der Waals surface area contributed by atoms with Crippen LogP contribution in [-0.4, -0.2) is 30.3 Å². The van der Waals surface area contributed by atoms with E-state index in [0.29, 0.717) is 40.5 Å². The second-order valence-electron chi connectivity index (χ2n) is 6.97. The van der Waals surface area contributed by atoms with Gasteiger partial charge in [0.1, 0.15) is 0 Å². The molecule has 2 aromatic rings. The van der Waals surface area contributed by atoms with Gasteiger partial charge in [0.15, 0.2) is 0 Å². The van der Waals surface area contributed by atoms with Crippen LogP contribution in [0.2, 0.25) is 5.02 Å². The number of amides is 3. The van der Waals surface area contributed by atoms with Crippen LogP contribution in [0.15, 0.2) is 42.5 Å². The zero-order chi connectivity index (χ0) is 20.3. The van der Waals surface area contributed by atoms with Crippen molar-refractivity contribution in [2.45, 2.75) is 32.7 Å². The van der Waals surface area contributed by atoms with E-state index in [1.807, 2.05) is 13.8 Å². The Bertz CT molecular complexity index is 927. The summed E-state index contributed by atoms with van der Waals surface area (Å²) in [4.78, 5) is 38.8. The number of nitrogens with zero attached hydrogens (tertiary/aromatic N) is 1. The second-order valence-corrected chi connectivity index (χ2v) is 7.41. The molecule has 6 nitrogen and oxygen atoms in total. The van der Waals surface area contributed by atoms with Crippen molar-refractivity contribution in [2.24, 2.45) is 0 Å². The van der Waals surface area contributed by atoms with Gasteiger partial charge < -0.3 is 15.5 Å². The van der Waals surface area contributed by atoms with Crippen molar-refractivity contribution in [1.29, 1.82) is 0 Å². The molecule has 0 aliphatic carbocycles. The standard InChI is InChI=1S/C21H22ClN3O3/c1-13(2)23-21(28)17-9-8-15(22)12-18(17)24-20(27)14-5-3-6-16(11-14)25-10-4-7-19(25)26/h3,5-6,8-9,11-13H,4,7,10H2,1-2H3,(H,23,28)(H,24,27). The Kier molecular flexibility index (Phi) is 5.99. The lowest BCUT2D eigenvalue weighted by Gasteiger charge is -2.17. The fraction of sp³-hybridized carbons (Fsp3) is 0.286. The Labute approximate surface area is 168 Å². The van der Waals surface area contributed by atoms with Gasteiger partial charge in [-0.2, -0.15) is 0 Å². The first-order chi connectivity index (χ1) is 13.3. The van der Waals surface area contributed by atoms with Gasteiger partial charge in [-0.15, -0.1) is 0 Å². The van der Waals surface area contributed by atoms with Crippen LogP contribution in [0.4, 0.5) is 11.4 Å². The first-order valence-corrected chi connectivity index (χ1v) is 9.55. The molecule has 1 aliphatic heterocycles. The van der Waals surface area contributed by atoms with Crippen LogP contribution >= 0.6 is 11.6 Å². The van der Waals surface area contributed by atoms with Gasteiger partial charge >= 0.3 is 0 Å². The fourth-order valence-electron chi connectivity index (χ4n) is 3.09. The first kappa shape index (κ1) is 19.9. The van der Waals surface area contributed by atoms with E-state index >= 15 is 0 Å². The van der Waals surface area contributed by atoms with E-state index in [2.05, 4.69) is 10.6 Å². The number of hydrogen-bond acceptors (Lipinski definition) is 3. The molecule has 0 aromatic heterocycles. The number of hydrogen-bond donors (Lipinski definition) is 2. The maximum Gasteiger partial charge on any atom is 0.255 e. The van der Waals surface area contributed by atoms with Crippen LogP contribution in [0.25, 0.3) is 0 Å². The van der Waals surface area contributed by atoms with Gasteiger partial charge in [0.05, 0.1) is 11.3 Å². The summed E-state index contributed by atoms with van der Waals surface area (Å²) in [6.45, 7) is 4.37. The molecule has 0 spiro atoms. The van der Waals surface area contributed by atoms with Gasteiger partial charge in [0, 0.05) is 35.3 Å². The molecule has 1 fully saturated rings. The highest BCUT2D eigenvalue weighted by atomic mass is 35.5. The summed E-state index contributed by atoms with van der Waals surface area (Å²) in [5.74, 6) is -0.618. The van der Waals surface area contributed by atoms with Crippen LogP contribution in [0.5, 0.6) is 0 Å². The molecule has 3 amide bonds. The van der Waals surface area contributed by atoms with Crippen LogP contribution < -0.4 is 15.5 Å². The summed E-state index contributed by atoms with van der Waals surface area (Å²) in [5.41, 5.74) is 1.75. The van der Waals surface area contributed by atoms with Crippen molar-refractivity contribution >= 4 is 40.7 Å². The van der Waals surface area contributed by atoms with Crippen LogP contribution in [0.3, 0.4) is 0 Å². The van der Waals surface area contributed by atoms with Crippen molar-refractivity contribution < 1.29 is 14.4 Å². The van der Waals surface area contributed by atoms with Gasteiger partial charge in [-0.3, -0.25) is 14.4 Å². The van der Waals surface area contributed by atoms with Crippen LogP contribution in [-0.2, 0) is 4.79 Å². The minimum atomic E-state index is -0.380. The van der Waals surface area contributed by atoms with Gasteiger partial charge in [0.25, 0.3) is 11.8 Å². The molecule has 2 N–H and O–H groups in total. The average Bonchev–Trinajstić information content (AvgIpc) is 3.07. The normalized spacial score (nSPS) is 13.7. The first-order valence-electron chi connectivity index (χ1n) is 9.17. The maximum absolute atomic E-state index is 12.8. The summed E-state index contributed by atoms with van der Waals surface area (Å²) in [7, 11) is 0. The maximum atomic E-state index is 12.8. The summed E-state index contributed by atoms with van der Waals surface area (Å²) in [6, 6.07) is 11.6. The van der Waals surface area contributed by atoms with Crippen molar-refractivity contribution in [3.8, 4) is 0 Å². The quantitative estimate of drug-likeness (QED) is 0.801. The lowest BCUT2D eigenvalue weighted by Crippen LogP contribution is -2.31. The van der Waals surface area contributed by atoms with E-state index in [1.165, 1.54) is 0 Å². The molecule has 2 aromatic carbocycles. The van der Waals surface area contributed by atoms with E-state index in [9.17, 15) is 14.4 Å². The van der Waals surface area contributed by atoms with Crippen molar-refractivity contribution in [3.63, 3.8) is 0 Å². The molecule has 3 rings (SSSR count). The van der Waals surface area contributed by atoms with Crippen molar-refractivity contribution in [2.75, 3.05) is 16.8 Å². The van der Waals surface area contributed by atoms with Gasteiger partial charge in [-0.05, 0) is 56.7 Å². The Morgan fingerprint density at radius 2 is 1.89 bits per heavy atom. The van der Waals surface area contributed by atoms with Crippen LogP contribution in [0, 0.1) is 0 Å². The lowest BCUT2D eigenvalue weighted by molar-refractivity contribution is -0.117. The van der Waals surface area contributed by atoms with Gasteiger partial charge in [-0.25, -0.2) is 0 Å². The van der Waals surface area contributed by atoms with Gasteiger partial charge in [0.2, 0.25) is 5.91 Å². The molecule has 1 heterocycles. The van der Waals surface area contributed by atoms with E-state index < -0.39 is 0 Å². The highest BCUT2D eigenvalue weighted by Crippen LogP contribution is 2.25. The van der Waals surface area contributed by atoms with Crippen LogP contribution in [0.1, 0.15) is 47.4 Å². The number of anilines is 2. The SMILES string of the molecule is CC(C)NC(=O)c1ccc(Cl)cc1NC(=O)c1cccc(N2CCCC2=O)c1. The van der Waals surface area contributed by atoms with E-state index in [-0.39, 0.29) is 23.8 Å². The number of benzene rings is 2. The third-order valence-corrected chi connectivity index (χ3v) is 4.62. The molecular formula is C21H22ClN3O3. The Morgan fingerprint density at radius 1 is 1.11 bits per heavy atom. The average molecular weight is 400 g/mol. The fourth-order valence-corrected chi connectivity index (χ4v) is 3.26. The Hall–Kier alpha value is -2.86. The molecule has 1 aliphatic rings. The molecular weight excluding hydrogens is 378 g/mol. The molecule has 0 unspecified atom stereocenters. The number of rotatable bonds is 5. The zero-order valence-corrected chi connectivity index (χ0v) is 16.5. The molecule has 0 saturated carbocycles. The number of carbonyl (C=O) groups excluding carboxylic acids is 3. The number of nitrogens with one attached hydrogen (secondary N) is 2. The number of halogens is 1. The Balaban J connectivity index is 1.84. The molecule has 0 atom stereocenters. The van der Waals surface area contributed by atoms with Crippen molar-refractivity contribution in [1.82, 2.24) is 5.32 Å². The summed E-state index contributed by atoms with van der Waals surface area (Å²) < 4.78 is 0. The van der Waals surface area contributed by atoms with E-state index in [0.717, 1.165) is 6.42 Å². The summed E-state index contributed by atoms with van der Waals surface area (Å²) in [6.07, 6.45) is 1.33. The predicted octanol–water partition coefficient (Wildman–Crippen LogP) is 3.86. The highest BCUT2D eigenvalue weighted by Gasteiger charge is 2.22. The summed E-state index contributed by atoms with van der Waals surface area (Å²) in [5, 5.41) is 5.98. The highest BCUT2D eigenvalue weighted by molar-refractivity contribution is 6.31. The molecule has 0 radical (unpaired) electrons. The molecule has 1 saturated heterocycles. The molecule has 7 heteroatoms. The summed E-state index contributed by atoms with van der Waals surface area (Å²) >= 11 is 6.06. The minimum Gasteiger partial charge on any atom is -0.350 e. The third kappa shape index (κ3) is 4.51. The minimum absolute atomic E-state index is 0.0404. The predicted molar refractivity (Wildman–Crippen MR) is 110 cm³/mol. The smallest absolute Gasteiger partial charge is 0.255 e. The van der Waals surface area contributed by atoms with Gasteiger partial charge in [-0.1, -0.05) is 17.7 Å². The topological polar surface area (TPSA) is 78.5 Å². The van der Waals surface area contributed by atoms with Crippen molar-refractivity contribution in [3.05, 3.63) is 58.6 Å². The third-order valence-electron chi connectivity index (χ3n) is 4.39. The molecule has 146 valence electrons.